The quantitative estimate of drug-likeness (QED) is 0.861. The van der Waals surface area contributed by atoms with Crippen LogP contribution in [-0.2, 0) is 0 Å². The van der Waals surface area contributed by atoms with Crippen molar-refractivity contribution in [3.63, 3.8) is 0 Å². The van der Waals surface area contributed by atoms with Gasteiger partial charge < -0.3 is 10.6 Å². The van der Waals surface area contributed by atoms with E-state index in [1.807, 2.05) is 0 Å². The van der Waals surface area contributed by atoms with E-state index in [1.54, 1.807) is 0 Å². The highest BCUT2D eigenvalue weighted by atomic mass is 127. The third-order valence-corrected chi connectivity index (χ3v) is 2.82. The van der Waals surface area contributed by atoms with Crippen molar-refractivity contribution in [3.05, 3.63) is 33.4 Å². The molecule has 0 fully saturated rings. The summed E-state index contributed by atoms with van der Waals surface area (Å²) in [5.41, 5.74) is 6.99. The Morgan fingerprint density at radius 3 is 2.23 bits per heavy atom. The van der Waals surface area contributed by atoms with Crippen LogP contribution in [0.5, 0.6) is 0 Å². The molecular weight excluding hydrogens is 275 g/mol. The number of rotatable bonds is 3. The Morgan fingerprint density at radius 1 is 1.31 bits per heavy atom. The first-order valence-corrected chi connectivity index (χ1v) is 5.35. The first-order valence-electron chi connectivity index (χ1n) is 4.27. The monoisotopic (exact) mass is 290 g/mol. The summed E-state index contributed by atoms with van der Waals surface area (Å²) in [6.07, 6.45) is 0. The Morgan fingerprint density at radius 2 is 1.85 bits per heavy atom. The van der Waals surface area contributed by atoms with Gasteiger partial charge >= 0.3 is 0 Å². The summed E-state index contributed by atoms with van der Waals surface area (Å²) >= 11 is 2.30. The number of nitrogens with zero attached hydrogens (tertiary/aromatic N) is 1. The highest BCUT2D eigenvalue weighted by Gasteiger charge is 2.10. The van der Waals surface area contributed by atoms with E-state index in [4.69, 9.17) is 5.73 Å². The Hall–Kier alpha value is -0.130. The molecule has 0 aliphatic rings. The molecule has 0 aliphatic carbocycles. The van der Waals surface area contributed by atoms with Gasteiger partial charge in [0.25, 0.3) is 0 Å². The standard InChI is InChI=1S/C10H15IN2/c1-13(2)10(7-12)8-3-5-9(11)6-4-8/h3-6,10H,7,12H2,1-2H3. The van der Waals surface area contributed by atoms with Crippen LogP contribution in [-0.4, -0.2) is 25.5 Å². The minimum Gasteiger partial charge on any atom is -0.329 e. The SMILES string of the molecule is CN(C)C(CN)c1ccc(I)cc1. The molecule has 0 radical (unpaired) electrons. The van der Waals surface area contributed by atoms with E-state index in [2.05, 4.69) is 65.9 Å². The number of halogens is 1. The maximum Gasteiger partial charge on any atom is 0.0464 e. The molecule has 2 N–H and O–H groups in total. The summed E-state index contributed by atoms with van der Waals surface area (Å²) in [6.45, 7) is 0.660. The average molecular weight is 290 g/mol. The topological polar surface area (TPSA) is 29.3 Å². The Bertz CT molecular complexity index is 256. The molecule has 0 saturated heterocycles. The van der Waals surface area contributed by atoms with E-state index in [1.165, 1.54) is 9.13 Å². The van der Waals surface area contributed by atoms with Gasteiger partial charge in [0.2, 0.25) is 0 Å². The van der Waals surface area contributed by atoms with Gasteiger partial charge in [-0.1, -0.05) is 12.1 Å². The molecule has 2 nitrogen and oxygen atoms in total. The molecule has 3 heteroatoms. The van der Waals surface area contributed by atoms with Gasteiger partial charge in [0.1, 0.15) is 0 Å². The predicted molar refractivity (Wildman–Crippen MR) is 64.6 cm³/mol. The molecule has 1 unspecified atom stereocenters. The normalized spacial score (nSPS) is 13.3. The molecule has 72 valence electrons. The Kier molecular flexibility index (Phi) is 4.15. The van der Waals surface area contributed by atoms with Crippen molar-refractivity contribution in [2.45, 2.75) is 6.04 Å². The summed E-state index contributed by atoms with van der Waals surface area (Å²) in [5, 5.41) is 0. The van der Waals surface area contributed by atoms with E-state index in [0.29, 0.717) is 12.6 Å². The zero-order chi connectivity index (χ0) is 9.84. The van der Waals surface area contributed by atoms with Crippen LogP contribution in [0.1, 0.15) is 11.6 Å². The molecule has 1 rings (SSSR count). The predicted octanol–water partition coefficient (Wildman–Crippen LogP) is 1.85. The molecule has 0 bridgehead atoms. The largest absolute Gasteiger partial charge is 0.329 e. The minimum absolute atomic E-state index is 0.331. The number of benzene rings is 1. The van der Waals surface area contributed by atoms with Crippen molar-refractivity contribution < 1.29 is 0 Å². The van der Waals surface area contributed by atoms with Gasteiger partial charge in [-0.05, 0) is 54.4 Å². The number of hydrogen-bond donors (Lipinski definition) is 1. The van der Waals surface area contributed by atoms with Crippen LogP contribution in [0.3, 0.4) is 0 Å². The lowest BCUT2D eigenvalue weighted by molar-refractivity contribution is 0.306. The lowest BCUT2D eigenvalue weighted by Crippen LogP contribution is -2.27. The van der Waals surface area contributed by atoms with Crippen LogP contribution in [0.4, 0.5) is 0 Å². The first-order chi connectivity index (χ1) is 6.15. The number of likely N-dealkylation sites (N-methyl/N-ethyl adjacent to an activating group) is 1. The highest BCUT2D eigenvalue weighted by Crippen LogP contribution is 2.17. The van der Waals surface area contributed by atoms with Crippen molar-refractivity contribution in [1.82, 2.24) is 4.90 Å². The minimum atomic E-state index is 0.331. The maximum atomic E-state index is 5.70. The molecule has 0 saturated carbocycles. The summed E-state index contributed by atoms with van der Waals surface area (Å²) in [5.74, 6) is 0. The van der Waals surface area contributed by atoms with E-state index in [-0.39, 0.29) is 0 Å². The summed E-state index contributed by atoms with van der Waals surface area (Å²) in [6, 6.07) is 8.83. The van der Waals surface area contributed by atoms with Crippen LogP contribution in [0.2, 0.25) is 0 Å². The molecule has 1 aromatic rings. The van der Waals surface area contributed by atoms with E-state index in [0.717, 1.165) is 0 Å². The Labute approximate surface area is 93.3 Å². The van der Waals surface area contributed by atoms with Gasteiger partial charge in [0.05, 0.1) is 0 Å². The van der Waals surface area contributed by atoms with E-state index < -0.39 is 0 Å². The lowest BCUT2D eigenvalue weighted by atomic mass is 10.1. The zero-order valence-corrected chi connectivity index (χ0v) is 10.2. The fraction of sp³-hybridized carbons (Fsp3) is 0.400. The Balaban J connectivity index is 2.86. The molecule has 1 aromatic carbocycles. The van der Waals surface area contributed by atoms with E-state index >= 15 is 0 Å². The van der Waals surface area contributed by atoms with Crippen LogP contribution in [0, 0.1) is 3.57 Å². The molecule has 0 spiro atoms. The first kappa shape index (κ1) is 10.9. The molecule has 13 heavy (non-hydrogen) atoms. The van der Waals surface area contributed by atoms with Gasteiger partial charge in [-0.3, -0.25) is 0 Å². The fourth-order valence-corrected chi connectivity index (χ4v) is 1.69. The van der Waals surface area contributed by atoms with Crippen molar-refractivity contribution in [2.75, 3.05) is 20.6 Å². The summed E-state index contributed by atoms with van der Waals surface area (Å²) in [7, 11) is 4.10. The molecule has 1 atom stereocenters. The third-order valence-electron chi connectivity index (χ3n) is 2.10. The van der Waals surface area contributed by atoms with Crippen LogP contribution < -0.4 is 5.73 Å². The van der Waals surface area contributed by atoms with Crippen LogP contribution in [0.15, 0.2) is 24.3 Å². The van der Waals surface area contributed by atoms with Crippen molar-refractivity contribution in [1.29, 1.82) is 0 Å². The van der Waals surface area contributed by atoms with Crippen LogP contribution in [0.25, 0.3) is 0 Å². The second-order valence-corrected chi connectivity index (χ2v) is 4.51. The van der Waals surface area contributed by atoms with Crippen LogP contribution >= 0.6 is 22.6 Å². The van der Waals surface area contributed by atoms with Gasteiger partial charge in [0, 0.05) is 16.2 Å². The molecule has 0 amide bonds. The second kappa shape index (κ2) is 4.93. The van der Waals surface area contributed by atoms with Crippen molar-refractivity contribution in [3.8, 4) is 0 Å². The summed E-state index contributed by atoms with van der Waals surface area (Å²) < 4.78 is 1.26. The summed E-state index contributed by atoms with van der Waals surface area (Å²) in [4.78, 5) is 2.14. The highest BCUT2D eigenvalue weighted by molar-refractivity contribution is 14.1. The maximum absolute atomic E-state index is 5.70. The zero-order valence-electron chi connectivity index (χ0n) is 8.00. The fourth-order valence-electron chi connectivity index (χ4n) is 1.33. The third kappa shape index (κ3) is 2.93. The van der Waals surface area contributed by atoms with Gasteiger partial charge in [-0.2, -0.15) is 0 Å². The molecular formula is C10H15IN2. The molecule has 0 heterocycles. The van der Waals surface area contributed by atoms with E-state index in [9.17, 15) is 0 Å². The average Bonchev–Trinajstić information content (AvgIpc) is 2.09. The smallest absolute Gasteiger partial charge is 0.0464 e. The van der Waals surface area contributed by atoms with Crippen molar-refractivity contribution >= 4 is 22.6 Å². The number of nitrogens with two attached hydrogens (primary N) is 1. The number of hydrogen-bond acceptors (Lipinski definition) is 2. The van der Waals surface area contributed by atoms with Gasteiger partial charge in [-0.25, -0.2) is 0 Å². The van der Waals surface area contributed by atoms with Crippen molar-refractivity contribution in [2.24, 2.45) is 5.73 Å². The molecule has 0 aromatic heterocycles. The lowest BCUT2D eigenvalue weighted by Gasteiger charge is -2.22. The van der Waals surface area contributed by atoms with Gasteiger partial charge in [0.15, 0.2) is 0 Å². The second-order valence-electron chi connectivity index (χ2n) is 3.27. The molecule has 0 aliphatic heterocycles. The van der Waals surface area contributed by atoms with Gasteiger partial charge in [-0.15, -0.1) is 0 Å².